The van der Waals surface area contributed by atoms with Gasteiger partial charge in [0.15, 0.2) is 23.8 Å². The fourth-order valence-electron chi connectivity index (χ4n) is 2.48. The first-order valence-electron chi connectivity index (χ1n) is 8.60. The highest BCUT2D eigenvalue weighted by atomic mass is 19.1. The van der Waals surface area contributed by atoms with Gasteiger partial charge < -0.3 is 9.47 Å². The topological polar surface area (TPSA) is 88.0 Å². The number of nitroso groups, excluding NO2 is 1. The number of hydrogen-bond acceptors (Lipinski definition) is 5. The number of nitrogens with one attached hydrogen (secondary N) is 1. The van der Waals surface area contributed by atoms with E-state index in [0.29, 0.717) is 12.0 Å². The fraction of sp³-hybridized carbons (Fsp3) is 0.263. The van der Waals surface area contributed by atoms with Crippen LogP contribution in [0.5, 0.6) is 11.5 Å². The first-order chi connectivity index (χ1) is 13.5. The zero-order chi connectivity index (χ0) is 20.7. The van der Waals surface area contributed by atoms with Gasteiger partial charge in [0, 0.05) is 5.56 Å². The maximum absolute atomic E-state index is 14.5. The maximum Gasteiger partial charge on any atom is 0.307 e. The van der Waals surface area contributed by atoms with Gasteiger partial charge in [-0.15, -0.1) is 0 Å². The average Bonchev–Trinajstić information content (AvgIpc) is 3.05. The van der Waals surface area contributed by atoms with E-state index < -0.39 is 11.7 Å². The van der Waals surface area contributed by atoms with Crippen LogP contribution in [0, 0.1) is 10.7 Å². The number of nitrogens with zero attached hydrogens (tertiary/aromatic N) is 2. The molecule has 28 heavy (non-hydrogen) atoms. The number of carbonyl (C=O) groups is 2. The number of hydrogen-bond donors (Lipinski definition) is 1. The molecular formula is C19H21FN3O5+. The van der Waals surface area contributed by atoms with Crippen molar-refractivity contribution < 1.29 is 28.4 Å². The van der Waals surface area contributed by atoms with Gasteiger partial charge in [-0.2, -0.15) is 0 Å². The van der Waals surface area contributed by atoms with E-state index in [4.69, 9.17) is 9.47 Å². The lowest BCUT2D eigenvalue weighted by Gasteiger charge is -2.14. The maximum atomic E-state index is 14.5. The first-order valence-corrected chi connectivity index (χ1v) is 8.60. The molecule has 1 amide bonds. The predicted octanol–water partition coefficient (Wildman–Crippen LogP) is 2.80. The minimum absolute atomic E-state index is 0.0275. The Hall–Kier alpha value is -3.49. The Morgan fingerprint density at radius 3 is 2.46 bits per heavy atom. The van der Waals surface area contributed by atoms with Crippen LogP contribution in [0.2, 0.25) is 0 Å². The molecule has 1 N–H and O–H groups in total. The van der Waals surface area contributed by atoms with Crippen LogP contribution in [-0.2, 0) is 11.4 Å². The summed E-state index contributed by atoms with van der Waals surface area (Å²) in [5.74, 6) is -0.788. The minimum Gasteiger partial charge on any atom is -0.497 e. The third kappa shape index (κ3) is 4.61. The number of ether oxygens (including phenoxy) is 2. The highest BCUT2D eigenvalue weighted by Crippen LogP contribution is 2.34. The van der Waals surface area contributed by atoms with E-state index in [1.807, 2.05) is 19.3 Å². The van der Waals surface area contributed by atoms with Crippen LogP contribution in [0.1, 0.15) is 29.8 Å². The lowest BCUT2D eigenvalue weighted by Crippen LogP contribution is -2.32. The monoisotopic (exact) mass is 390 g/mol. The highest BCUT2D eigenvalue weighted by molar-refractivity contribution is 5.83. The molecule has 0 spiro atoms. The second-order valence-corrected chi connectivity index (χ2v) is 5.47. The normalized spacial score (nSPS) is 12.8. The van der Waals surface area contributed by atoms with E-state index in [2.05, 4.69) is 0 Å². The Bertz CT molecular complexity index is 871. The molecule has 1 saturated heterocycles. The Morgan fingerprint density at radius 1 is 1.25 bits per heavy atom. The quantitative estimate of drug-likeness (QED) is 0.603. The van der Waals surface area contributed by atoms with Crippen molar-refractivity contribution in [1.82, 2.24) is 5.43 Å². The van der Waals surface area contributed by atoms with Gasteiger partial charge >= 0.3 is 5.91 Å². The van der Waals surface area contributed by atoms with Gasteiger partial charge in [-0.05, 0) is 29.8 Å². The van der Waals surface area contributed by atoms with Crippen LogP contribution in [0.4, 0.5) is 10.1 Å². The van der Waals surface area contributed by atoms with Gasteiger partial charge in [-0.3, -0.25) is 9.59 Å². The molecule has 0 atom stereocenters. The number of benzene rings is 2. The number of hydrazine groups is 2. The highest BCUT2D eigenvalue weighted by Gasteiger charge is 2.40. The molecule has 1 aliphatic heterocycles. The van der Waals surface area contributed by atoms with Crippen molar-refractivity contribution >= 4 is 17.9 Å². The standard InChI is InChI=1S/C17H14FN3O5.C2H6/c1-25-13-4-2-11(3-5-13)10-26-15-7-12(9-22)6-14(18)17(15)20-8-16(23)19-21(20)24;1-2/h2-7,9H,8,10H2,1H3;1-2H3/p+1. The van der Waals surface area contributed by atoms with Gasteiger partial charge in [0.25, 0.3) is 4.98 Å². The van der Waals surface area contributed by atoms with Crippen LogP contribution in [0.15, 0.2) is 36.4 Å². The molecule has 0 aromatic heterocycles. The molecule has 0 bridgehead atoms. The molecule has 1 heterocycles. The van der Waals surface area contributed by atoms with E-state index in [1.54, 1.807) is 31.4 Å². The minimum atomic E-state index is -0.850. The second kappa shape index (κ2) is 9.45. The summed E-state index contributed by atoms with van der Waals surface area (Å²) in [6.45, 7) is 3.70. The average molecular weight is 390 g/mol. The summed E-state index contributed by atoms with van der Waals surface area (Å²) in [6, 6.07) is 9.29. The van der Waals surface area contributed by atoms with Crippen LogP contribution >= 0.6 is 0 Å². The summed E-state index contributed by atoms with van der Waals surface area (Å²) >= 11 is 0. The third-order valence-corrected chi connectivity index (χ3v) is 3.73. The van der Waals surface area contributed by atoms with Gasteiger partial charge in [-0.25, -0.2) is 4.39 Å². The lowest BCUT2D eigenvalue weighted by atomic mass is 10.2. The molecule has 1 aliphatic rings. The molecule has 8 nitrogen and oxygen atoms in total. The number of aldehydes is 1. The first kappa shape index (κ1) is 20.8. The fourth-order valence-corrected chi connectivity index (χ4v) is 2.48. The number of methoxy groups -OCH3 is 1. The molecule has 9 heteroatoms. The van der Waals surface area contributed by atoms with E-state index >= 15 is 0 Å². The Kier molecular flexibility index (Phi) is 7.02. The largest absolute Gasteiger partial charge is 0.497 e. The van der Waals surface area contributed by atoms with Gasteiger partial charge in [0.05, 0.1) is 12.0 Å². The van der Waals surface area contributed by atoms with Crippen molar-refractivity contribution in [2.45, 2.75) is 20.5 Å². The number of rotatable bonds is 6. The third-order valence-electron chi connectivity index (χ3n) is 3.73. The molecular weight excluding hydrogens is 369 g/mol. The summed E-state index contributed by atoms with van der Waals surface area (Å²) in [6.07, 6.45) is 0.468. The molecule has 3 rings (SSSR count). The predicted molar refractivity (Wildman–Crippen MR) is 99.6 cm³/mol. The van der Waals surface area contributed by atoms with Crippen molar-refractivity contribution in [3.8, 4) is 11.5 Å². The Labute approximate surface area is 161 Å². The van der Waals surface area contributed by atoms with Gasteiger partial charge in [0.2, 0.25) is 0 Å². The smallest absolute Gasteiger partial charge is 0.307 e. The van der Waals surface area contributed by atoms with Crippen LogP contribution in [0.3, 0.4) is 0 Å². The number of amides is 1. The second-order valence-electron chi connectivity index (χ2n) is 5.47. The summed E-state index contributed by atoms with van der Waals surface area (Å²) in [5, 5.41) is 0.857. The van der Waals surface area contributed by atoms with Crippen molar-refractivity contribution in [2.24, 2.45) is 0 Å². The molecule has 2 aromatic carbocycles. The molecule has 148 valence electrons. The molecule has 0 radical (unpaired) electrons. The van der Waals surface area contributed by atoms with E-state index in [9.17, 15) is 18.9 Å². The lowest BCUT2D eigenvalue weighted by molar-refractivity contribution is -0.591. The van der Waals surface area contributed by atoms with Crippen molar-refractivity contribution in [2.75, 3.05) is 18.7 Å². The van der Waals surface area contributed by atoms with Crippen molar-refractivity contribution in [1.29, 1.82) is 0 Å². The number of carbonyl (C=O) groups excluding carboxylic acids is 2. The van der Waals surface area contributed by atoms with Crippen LogP contribution in [0.25, 0.3) is 0 Å². The summed E-state index contributed by atoms with van der Waals surface area (Å²) in [5.41, 5.74) is 2.58. The molecule has 1 fully saturated rings. The summed E-state index contributed by atoms with van der Waals surface area (Å²) in [4.78, 5) is 34.3. The van der Waals surface area contributed by atoms with Crippen molar-refractivity contribution in [3.05, 3.63) is 58.2 Å². The zero-order valence-electron chi connectivity index (χ0n) is 15.8. The molecule has 0 unspecified atom stereocenters. The van der Waals surface area contributed by atoms with Crippen LogP contribution in [-0.4, -0.2) is 30.8 Å². The van der Waals surface area contributed by atoms with Crippen LogP contribution < -0.4 is 19.9 Å². The van der Waals surface area contributed by atoms with E-state index in [0.717, 1.165) is 16.6 Å². The van der Waals surface area contributed by atoms with E-state index in [-0.39, 0.29) is 35.1 Å². The van der Waals surface area contributed by atoms with Gasteiger partial charge in [0.1, 0.15) is 18.6 Å². The molecule has 0 aliphatic carbocycles. The van der Waals surface area contributed by atoms with Crippen molar-refractivity contribution in [3.63, 3.8) is 0 Å². The summed E-state index contributed by atoms with van der Waals surface area (Å²) < 4.78 is 25.2. The zero-order valence-corrected chi connectivity index (χ0v) is 15.8. The Balaban J connectivity index is 0.00000136. The SMILES string of the molecule is CC.COc1ccc(COc2cc(C=O)cc(F)c2N2CC(=O)N[N+]2=O)cc1. The van der Waals surface area contributed by atoms with E-state index in [1.165, 1.54) is 6.07 Å². The summed E-state index contributed by atoms with van der Waals surface area (Å²) in [7, 11) is 1.55. The van der Waals surface area contributed by atoms with Gasteiger partial charge in [-0.1, -0.05) is 36.4 Å². The molecule has 2 aromatic rings. The Morgan fingerprint density at radius 2 is 1.93 bits per heavy atom. The molecule has 0 saturated carbocycles. The number of anilines is 1. The number of halogens is 1.